The second-order valence-electron chi connectivity index (χ2n) is 2.71. The van der Waals surface area contributed by atoms with Crippen molar-refractivity contribution in [1.82, 2.24) is 10.6 Å². The van der Waals surface area contributed by atoms with Crippen molar-refractivity contribution in [2.45, 2.75) is 12.5 Å². The summed E-state index contributed by atoms with van der Waals surface area (Å²) in [5, 5.41) is 5.93. The van der Waals surface area contributed by atoms with Crippen LogP contribution >= 0.6 is 11.8 Å². The molecule has 70 valence electrons. The van der Waals surface area contributed by atoms with Crippen LogP contribution in [0.15, 0.2) is 0 Å². The number of carbonyl (C=O) groups excluding carboxylic acids is 1. The zero-order valence-corrected chi connectivity index (χ0v) is 7.82. The molecule has 1 rings (SSSR count). The summed E-state index contributed by atoms with van der Waals surface area (Å²) in [4.78, 5) is 11.3. The van der Waals surface area contributed by atoms with Crippen molar-refractivity contribution in [3.05, 3.63) is 0 Å². The molecule has 4 N–H and O–H groups in total. The Kier molecular flexibility index (Phi) is 4.42. The lowest BCUT2D eigenvalue weighted by Gasteiger charge is -2.09. The van der Waals surface area contributed by atoms with Gasteiger partial charge in [0.25, 0.3) is 0 Å². The van der Waals surface area contributed by atoms with Gasteiger partial charge in [-0.05, 0) is 13.0 Å². The molecule has 1 aliphatic rings. The van der Waals surface area contributed by atoms with Gasteiger partial charge in [-0.2, -0.15) is 0 Å². The first-order valence-electron chi connectivity index (χ1n) is 4.13. The van der Waals surface area contributed by atoms with E-state index in [1.807, 2.05) is 0 Å². The Labute approximate surface area is 76.6 Å². The lowest BCUT2D eigenvalue weighted by molar-refractivity contribution is -0.122. The summed E-state index contributed by atoms with van der Waals surface area (Å²) < 4.78 is 0. The largest absolute Gasteiger partial charge is 0.355 e. The molecule has 1 saturated heterocycles. The average molecular weight is 189 g/mol. The van der Waals surface area contributed by atoms with E-state index in [0.29, 0.717) is 13.1 Å². The van der Waals surface area contributed by atoms with Gasteiger partial charge in [0.2, 0.25) is 5.91 Å². The molecule has 0 aromatic heterocycles. The molecule has 12 heavy (non-hydrogen) atoms. The number of rotatable bonds is 4. The van der Waals surface area contributed by atoms with Crippen LogP contribution < -0.4 is 16.4 Å². The lowest BCUT2D eigenvalue weighted by Crippen LogP contribution is -2.42. The van der Waals surface area contributed by atoms with Gasteiger partial charge >= 0.3 is 0 Å². The molecule has 0 aliphatic carbocycles. The first-order chi connectivity index (χ1) is 5.84. The smallest absolute Gasteiger partial charge is 0.238 e. The van der Waals surface area contributed by atoms with Gasteiger partial charge in [0.1, 0.15) is 0 Å². The number of nitrogens with one attached hydrogen (secondary N) is 2. The maximum atomic E-state index is 11.3. The molecule has 0 aromatic carbocycles. The SMILES string of the molecule is NCCCNC(=O)C1CSCN1. The summed E-state index contributed by atoms with van der Waals surface area (Å²) in [6.07, 6.45) is 0.853. The van der Waals surface area contributed by atoms with Crippen molar-refractivity contribution in [2.24, 2.45) is 5.73 Å². The van der Waals surface area contributed by atoms with E-state index in [9.17, 15) is 4.79 Å². The van der Waals surface area contributed by atoms with E-state index in [4.69, 9.17) is 5.73 Å². The number of amides is 1. The number of hydrogen-bond donors (Lipinski definition) is 3. The first kappa shape index (κ1) is 9.83. The predicted molar refractivity (Wildman–Crippen MR) is 50.9 cm³/mol. The summed E-state index contributed by atoms with van der Waals surface area (Å²) in [7, 11) is 0. The van der Waals surface area contributed by atoms with Crippen LogP contribution in [0.4, 0.5) is 0 Å². The molecule has 1 unspecified atom stereocenters. The molecule has 5 heteroatoms. The zero-order chi connectivity index (χ0) is 8.81. The Hall–Kier alpha value is -0.260. The van der Waals surface area contributed by atoms with Crippen molar-refractivity contribution in [3.63, 3.8) is 0 Å². The molecule has 0 bridgehead atoms. The molecule has 1 atom stereocenters. The van der Waals surface area contributed by atoms with Crippen molar-refractivity contribution in [3.8, 4) is 0 Å². The number of thioether (sulfide) groups is 1. The van der Waals surface area contributed by atoms with Crippen molar-refractivity contribution in [2.75, 3.05) is 24.7 Å². The molecule has 1 fully saturated rings. The minimum atomic E-state index is 0.00720. The third-order valence-electron chi connectivity index (χ3n) is 1.71. The maximum Gasteiger partial charge on any atom is 0.238 e. The Bertz CT molecular complexity index is 148. The molecule has 4 nitrogen and oxygen atoms in total. The van der Waals surface area contributed by atoms with Crippen molar-refractivity contribution in [1.29, 1.82) is 0 Å². The van der Waals surface area contributed by atoms with Gasteiger partial charge in [-0.25, -0.2) is 0 Å². The van der Waals surface area contributed by atoms with Crippen LogP contribution in [-0.4, -0.2) is 36.7 Å². The maximum absolute atomic E-state index is 11.3. The topological polar surface area (TPSA) is 67.1 Å². The van der Waals surface area contributed by atoms with Gasteiger partial charge < -0.3 is 11.1 Å². The molecule has 0 aromatic rings. The van der Waals surface area contributed by atoms with Crippen LogP contribution in [0.25, 0.3) is 0 Å². The summed E-state index contributed by atoms with van der Waals surface area (Å²) in [5.74, 6) is 1.87. The minimum absolute atomic E-state index is 0.00720. The van der Waals surface area contributed by atoms with Crippen molar-refractivity contribution >= 4 is 17.7 Å². The van der Waals surface area contributed by atoms with Crippen LogP contribution in [0.1, 0.15) is 6.42 Å². The van der Waals surface area contributed by atoms with Crippen LogP contribution in [-0.2, 0) is 4.79 Å². The summed E-state index contributed by atoms with van der Waals surface area (Å²) in [5.41, 5.74) is 5.30. The van der Waals surface area contributed by atoms with Crippen LogP contribution in [0.3, 0.4) is 0 Å². The Morgan fingerprint density at radius 1 is 1.75 bits per heavy atom. The fraction of sp³-hybridized carbons (Fsp3) is 0.857. The highest BCUT2D eigenvalue weighted by Crippen LogP contribution is 2.08. The fourth-order valence-electron chi connectivity index (χ4n) is 1.00. The quantitative estimate of drug-likeness (QED) is 0.502. The minimum Gasteiger partial charge on any atom is -0.355 e. The van der Waals surface area contributed by atoms with Gasteiger partial charge in [-0.3, -0.25) is 10.1 Å². The Balaban J connectivity index is 2.10. The standard InChI is InChI=1S/C7H15N3OS/c8-2-1-3-9-7(11)6-4-12-5-10-6/h6,10H,1-5,8H2,(H,9,11). The molecule has 0 saturated carbocycles. The van der Waals surface area contributed by atoms with E-state index in [0.717, 1.165) is 18.1 Å². The van der Waals surface area contributed by atoms with E-state index < -0.39 is 0 Å². The second kappa shape index (κ2) is 5.40. The van der Waals surface area contributed by atoms with Gasteiger partial charge in [0.15, 0.2) is 0 Å². The number of carbonyl (C=O) groups is 1. The highest BCUT2D eigenvalue weighted by Gasteiger charge is 2.21. The highest BCUT2D eigenvalue weighted by atomic mass is 32.2. The van der Waals surface area contributed by atoms with E-state index in [-0.39, 0.29) is 11.9 Å². The van der Waals surface area contributed by atoms with E-state index in [2.05, 4.69) is 10.6 Å². The lowest BCUT2D eigenvalue weighted by atomic mass is 10.3. The van der Waals surface area contributed by atoms with Gasteiger partial charge in [0.05, 0.1) is 6.04 Å². The molecular weight excluding hydrogens is 174 g/mol. The van der Waals surface area contributed by atoms with Crippen LogP contribution in [0.5, 0.6) is 0 Å². The van der Waals surface area contributed by atoms with Gasteiger partial charge in [-0.15, -0.1) is 11.8 Å². The molecule has 1 aliphatic heterocycles. The van der Waals surface area contributed by atoms with E-state index >= 15 is 0 Å². The van der Waals surface area contributed by atoms with Gasteiger partial charge in [-0.1, -0.05) is 0 Å². The molecule has 0 radical (unpaired) electrons. The summed E-state index contributed by atoms with van der Waals surface area (Å²) in [6.45, 7) is 1.32. The fourth-order valence-corrected chi connectivity index (χ4v) is 1.94. The summed E-state index contributed by atoms with van der Waals surface area (Å²) in [6, 6.07) is 0.00720. The predicted octanol–water partition coefficient (Wildman–Crippen LogP) is -0.886. The second-order valence-corrected chi connectivity index (χ2v) is 3.74. The average Bonchev–Trinajstić information content (AvgIpc) is 2.56. The highest BCUT2D eigenvalue weighted by molar-refractivity contribution is 7.99. The molecule has 0 spiro atoms. The number of nitrogens with two attached hydrogens (primary N) is 1. The van der Waals surface area contributed by atoms with E-state index in [1.54, 1.807) is 11.8 Å². The Morgan fingerprint density at radius 3 is 3.17 bits per heavy atom. The monoisotopic (exact) mass is 189 g/mol. The molecule has 1 amide bonds. The normalized spacial score (nSPS) is 22.6. The van der Waals surface area contributed by atoms with Gasteiger partial charge in [0, 0.05) is 18.2 Å². The third kappa shape index (κ3) is 3.00. The van der Waals surface area contributed by atoms with Crippen molar-refractivity contribution < 1.29 is 4.79 Å². The summed E-state index contributed by atoms with van der Waals surface area (Å²) >= 11 is 1.75. The van der Waals surface area contributed by atoms with Crippen LogP contribution in [0.2, 0.25) is 0 Å². The third-order valence-corrected chi connectivity index (χ3v) is 2.65. The Morgan fingerprint density at radius 2 is 2.58 bits per heavy atom. The van der Waals surface area contributed by atoms with E-state index in [1.165, 1.54) is 0 Å². The zero-order valence-electron chi connectivity index (χ0n) is 7.01. The molecule has 1 heterocycles. The number of hydrogen-bond acceptors (Lipinski definition) is 4. The van der Waals surface area contributed by atoms with Crippen LogP contribution in [0, 0.1) is 0 Å². The first-order valence-corrected chi connectivity index (χ1v) is 5.29. The molecular formula is C7H15N3OS.